The van der Waals surface area contributed by atoms with Crippen LogP contribution in [0.25, 0.3) is 22.2 Å². The summed E-state index contributed by atoms with van der Waals surface area (Å²) >= 11 is 0. The summed E-state index contributed by atoms with van der Waals surface area (Å²) < 4.78 is 10.8. The summed E-state index contributed by atoms with van der Waals surface area (Å²) in [5, 5.41) is 15.3. The third-order valence-electron chi connectivity index (χ3n) is 5.01. The number of amides is 1. The number of carbonyl (C=O) groups excluding carboxylic acids is 1. The number of hydrogen-bond acceptors (Lipinski definition) is 7. The second-order valence-electron chi connectivity index (χ2n) is 7.43. The number of rotatable bonds is 9. The Labute approximate surface area is 195 Å². The molecule has 34 heavy (non-hydrogen) atoms. The summed E-state index contributed by atoms with van der Waals surface area (Å²) in [6, 6.07) is 19.2. The summed E-state index contributed by atoms with van der Waals surface area (Å²) in [6.07, 6.45) is 3.21. The number of para-hydroxylation sites is 1. The van der Waals surface area contributed by atoms with Gasteiger partial charge in [0.1, 0.15) is 10.7 Å². The molecule has 0 atom stereocenters. The lowest BCUT2D eigenvalue weighted by Crippen LogP contribution is -2.18. The summed E-state index contributed by atoms with van der Waals surface area (Å²) in [5.41, 5.74) is 4.94. The second-order valence-corrected chi connectivity index (χ2v) is 7.43. The Morgan fingerprint density at radius 1 is 1.18 bits per heavy atom. The molecule has 4 aromatic rings. The van der Waals surface area contributed by atoms with Crippen LogP contribution in [-0.4, -0.2) is 28.6 Å². The predicted molar refractivity (Wildman–Crippen MR) is 128 cm³/mol. The Hall–Kier alpha value is -4.53. The molecule has 2 heterocycles. The van der Waals surface area contributed by atoms with Gasteiger partial charge < -0.3 is 9.15 Å². The van der Waals surface area contributed by atoms with Gasteiger partial charge in [0.15, 0.2) is 5.76 Å². The normalized spacial score (nSPS) is 11.1. The fourth-order valence-corrected chi connectivity index (χ4v) is 3.32. The molecule has 0 radical (unpaired) electrons. The van der Waals surface area contributed by atoms with Crippen molar-refractivity contribution in [2.45, 2.75) is 19.8 Å². The maximum atomic E-state index is 13.0. The molecule has 0 aliphatic rings. The number of pyridine rings is 1. The van der Waals surface area contributed by atoms with Crippen LogP contribution in [0.15, 0.2) is 76.2 Å². The van der Waals surface area contributed by atoms with E-state index in [1.165, 1.54) is 18.3 Å². The van der Waals surface area contributed by atoms with Gasteiger partial charge in [0.25, 0.3) is 5.91 Å². The highest BCUT2D eigenvalue weighted by Crippen LogP contribution is 2.27. The van der Waals surface area contributed by atoms with Crippen LogP contribution in [0.3, 0.4) is 0 Å². The van der Waals surface area contributed by atoms with Gasteiger partial charge in [-0.1, -0.05) is 43.7 Å². The Morgan fingerprint density at radius 3 is 2.82 bits per heavy atom. The molecule has 0 aliphatic carbocycles. The van der Waals surface area contributed by atoms with Gasteiger partial charge in [-0.05, 0) is 36.8 Å². The van der Waals surface area contributed by atoms with Gasteiger partial charge in [-0.3, -0.25) is 14.9 Å². The average molecular weight is 458 g/mol. The van der Waals surface area contributed by atoms with Crippen LogP contribution < -0.4 is 10.2 Å². The quantitative estimate of drug-likeness (QED) is 0.156. The minimum absolute atomic E-state index is 0.146. The number of hydrazone groups is 1. The molecule has 9 heteroatoms. The Balaban J connectivity index is 1.61. The van der Waals surface area contributed by atoms with Gasteiger partial charge in [-0.25, -0.2) is 10.4 Å². The second kappa shape index (κ2) is 10.4. The molecule has 9 nitrogen and oxygen atoms in total. The van der Waals surface area contributed by atoms with Crippen molar-refractivity contribution in [3.05, 3.63) is 88.2 Å². The van der Waals surface area contributed by atoms with Gasteiger partial charge in [0.2, 0.25) is 0 Å². The van der Waals surface area contributed by atoms with E-state index in [1.54, 1.807) is 6.07 Å². The highest BCUT2D eigenvalue weighted by Gasteiger charge is 2.15. The topological polar surface area (TPSA) is 120 Å². The van der Waals surface area contributed by atoms with Gasteiger partial charge in [0.05, 0.1) is 35.7 Å². The van der Waals surface area contributed by atoms with Crippen LogP contribution in [0.5, 0.6) is 5.75 Å². The van der Waals surface area contributed by atoms with Crippen molar-refractivity contribution < 1.29 is 18.9 Å². The minimum atomic E-state index is -0.648. The van der Waals surface area contributed by atoms with Crippen molar-refractivity contribution in [3.63, 3.8) is 0 Å². The van der Waals surface area contributed by atoms with Gasteiger partial charge in [-0.2, -0.15) is 5.10 Å². The molecule has 0 aliphatic heterocycles. The van der Waals surface area contributed by atoms with Crippen LogP contribution >= 0.6 is 0 Å². The maximum Gasteiger partial charge on any atom is 0.433 e. The molecule has 4 rings (SSSR count). The number of benzene rings is 2. The monoisotopic (exact) mass is 458 g/mol. The van der Waals surface area contributed by atoms with Crippen LogP contribution in [-0.2, 0) is 0 Å². The standard InChI is InChI=1S/C25H22N4O5/c1-2-3-13-33-18-8-6-7-17(14-18)23-15-21(20-9-4-5-10-22(20)27-23)25(30)28-26-16-19-11-12-24(34-19)29(31)32/h4-12,14-16H,2-3,13H2,1H3,(H,28,30)/b26-16-. The van der Waals surface area contributed by atoms with E-state index < -0.39 is 16.7 Å². The zero-order valence-corrected chi connectivity index (χ0v) is 18.4. The van der Waals surface area contributed by atoms with E-state index >= 15 is 0 Å². The number of nitrogens with one attached hydrogen (secondary N) is 1. The molecule has 0 bridgehead atoms. The molecule has 2 aromatic carbocycles. The van der Waals surface area contributed by atoms with Crippen molar-refractivity contribution in [2.24, 2.45) is 5.10 Å². The lowest BCUT2D eigenvalue weighted by Gasteiger charge is -2.10. The number of hydrogen-bond donors (Lipinski definition) is 1. The van der Waals surface area contributed by atoms with Crippen molar-refractivity contribution in [1.82, 2.24) is 10.4 Å². The van der Waals surface area contributed by atoms with Crippen molar-refractivity contribution in [1.29, 1.82) is 0 Å². The van der Waals surface area contributed by atoms with Crippen LogP contribution in [0.2, 0.25) is 0 Å². The van der Waals surface area contributed by atoms with E-state index in [0.29, 0.717) is 28.8 Å². The first-order valence-corrected chi connectivity index (χ1v) is 10.8. The molecule has 1 N–H and O–H groups in total. The smallest absolute Gasteiger partial charge is 0.433 e. The number of nitro groups is 1. The fraction of sp³-hybridized carbons (Fsp3) is 0.160. The molecular formula is C25H22N4O5. The first-order valence-electron chi connectivity index (χ1n) is 10.8. The first kappa shape index (κ1) is 22.7. The largest absolute Gasteiger partial charge is 0.494 e. The van der Waals surface area contributed by atoms with Crippen molar-refractivity contribution >= 4 is 28.9 Å². The predicted octanol–water partition coefficient (Wildman–Crippen LogP) is 5.35. The van der Waals surface area contributed by atoms with Crippen LogP contribution in [0, 0.1) is 10.1 Å². The molecule has 0 unspecified atom stereocenters. The third kappa shape index (κ3) is 5.26. The highest BCUT2D eigenvalue weighted by atomic mass is 16.6. The number of aromatic nitrogens is 1. The summed E-state index contributed by atoms with van der Waals surface area (Å²) in [5.74, 6) is 0.0298. The highest BCUT2D eigenvalue weighted by molar-refractivity contribution is 6.07. The maximum absolute atomic E-state index is 13.0. The zero-order chi connectivity index (χ0) is 23.9. The molecule has 0 fully saturated rings. The number of ether oxygens (including phenoxy) is 1. The number of furan rings is 1. The number of carbonyl (C=O) groups is 1. The Bertz CT molecular complexity index is 1360. The fourth-order valence-electron chi connectivity index (χ4n) is 3.32. The SMILES string of the molecule is CCCCOc1cccc(-c2cc(C(=O)N/N=C\c3ccc([N+](=O)[O-])o3)c3ccccc3n2)c1. The molecule has 1 amide bonds. The molecule has 2 aromatic heterocycles. The molecule has 0 saturated carbocycles. The number of fused-ring (bicyclic) bond motifs is 1. The molecular weight excluding hydrogens is 436 g/mol. The van der Waals surface area contributed by atoms with Crippen LogP contribution in [0.1, 0.15) is 35.9 Å². The van der Waals surface area contributed by atoms with Crippen LogP contribution in [0.4, 0.5) is 5.88 Å². The van der Waals surface area contributed by atoms with E-state index in [-0.39, 0.29) is 5.76 Å². The zero-order valence-electron chi connectivity index (χ0n) is 18.4. The summed E-state index contributed by atoms with van der Waals surface area (Å²) in [6.45, 7) is 2.74. The lowest BCUT2D eigenvalue weighted by atomic mass is 10.0. The Morgan fingerprint density at radius 2 is 2.03 bits per heavy atom. The third-order valence-corrected chi connectivity index (χ3v) is 5.01. The van der Waals surface area contributed by atoms with E-state index in [4.69, 9.17) is 14.1 Å². The van der Waals surface area contributed by atoms with Crippen molar-refractivity contribution in [2.75, 3.05) is 6.61 Å². The lowest BCUT2D eigenvalue weighted by molar-refractivity contribution is -0.402. The van der Waals surface area contributed by atoms with Crippen molar-refractivity contribution in [3.8, 4) is 17.0 Å². The number of unbranched alkanes of at least 4 members (excludes halogenated alkanes) is 1. The average Bonchev–Trinajstić information content (AvgIpc) is 3.33. The van der Waals surface area contributed by atoms with E-state index in [1.807, 2.05) is 48.5 Å². The summed E-state index contributed by atoms with van der Waals surface area (Å²) in [7, 11) is 0. The molecule has 0 saturated heterocycles. The summed E-state index contributed by atoms with van der Waals surface area (Å²) in [4.78, 5) is 27.8. The van der Waals surface area contributed by atoms with E-state index in [9.17, 15) is 14.9 Å². The molecule has 0 spiro atoms. The van der Waals surface area contributed by atoms with Gasteiger partial charge in [0, 0.05) is 10.9 Å². The minimum Gasteiger partial charge on any atom is -0.494 e. The van der Waals surface area contributed by atoms with Gasteiger partial charge in [-0.15, -0.1) is 0 Å². The van der Waals surface area contributed by atoms with E-state index in [2.05, 4.69) is 17.5 Å². The number of nitrogens with zero attached hydrogens (tertiary/aromatic N) is 3. The van der Waals surface area contributed by atoms with Gasteiger partial charge >= 0.3 is 5.88 Å². The Kier molecular flexibility index (Phi) is 6.92. The van der Waals surface area contributed by atoms with E-state index in [0.717, 1.165) is 24.2 Å². The first-order chi connectivity index (χ1) is 16.5. The molecule has 172 valence electrons.